The molecule has 1 heterocycles. The maximum atomic E-state index is 10.7. The number of thiophene rings is 1. The van der Waals surface area contributed by atoms with Gasteiger partial charge in [-0.1, -0.05) is 0 Å². The van der Waals surface area contributed by atoms with Gasteiger partial charge in [-0.2, -0.15) is 0 Å². The molecule has 0 amide bonds. The Hall–Kier alpha value is -0.390. The second-order valence-corrected chi connectivity index (χ2v) is 4.32. The second kappa shape index (κ2) is 5.36. The van der Waals surface area contributed by atoms with Crippen LogP contribution in [0.4, 0.5) is 0 Å². The highest BCUT2D eigenvalue weighted by molar-refractivity contribution is 9.10. The Morgan fingerprint density at radius 1 is 1.77 bits per heavy atom. The fourth-order valence-corrected chi connectivity index (χ4v) is 2.23. The molecule has 0 fully saturated rings. The molecule has 1 N–H and O–H groups in total. The van der Waals surface area contributed by atoms with E-state index in [2.05, 4.69) is 26.0 Å². The minimum Gasteiger partial charge on any atom is -0.468 e. The Morgan fingerprint density at radius 2 is 2.54 bits per heavy atom. The van der Waals surface area contributed by atoms with Crippen molar-refractivity contribution in [1.82, 2.24) is 5.32 Å². The SMILES string of the molecule is COC(=O)CNCc1cc(Br)cs1. The predicted octanol–water partition coefficient (Wildman–Crippen LogP) is 1.77. The quantitative estimate of drug-likeness (QED) is 0.842. The van der Waals surface area contributed by atoms with Crippen LogP contribution in [-0.4, -0.2) is 19.6 Å². The molecule has 1 aromatic heterocycles. The lowest BCUT2D eigenvalue weighted by Gasteiger charge is -2.00. The van der Waals surface area contributed by atoms with Crippen LogP contribution in [0.5, 0.6) is 0 Å². The van der Waals surface area contributed by atoms with E-state index < -0.39 is 0 Å². The highest BCUT2D eigenvalue weighted by atomic mass is 79.9. The first-order chi connectivity index (χ1) is 6.22. The van der Waals surface area contributed by atoms with Gasteiger partial charge in [0.15, 0.2) is 0 Å². The third kappa shape index (κ3) is 3.89. The van der Waals surface area contributed by atoms with Crippen LogP contribution in [0.1, 0.15) is 4.88 Å². The van der Waals surface area contributed by atoms with Gasteiger partial charge in [-0.25, -0.2) is 0 Å². The van der Waals surface area contributed by atoms with E-state index in [1.165, 1.54) is 12.0 Å². The van der Waals surface area contributed by atoms with E-state index in [0.717, 1.165) is 4.47 Å². The van der Waals surface area contributed by atoms with Crippen molar-refractivity contribution in [2.45, 2.75) is 6.54 Å². The number of rotatable bonds is 4. The Bertz CT molecular complexity index is 287. The van der Waals surface area contributed by atoms with Gasteiger partial charge < -0.3 is 10.1 Å². The van der Waals surface area contributed by atoms with Crippen molar-refractivity contribution in [3.8, 4) is 0 Å². The molecule has 3 nitrogen and oxygen atoms in total. The molecule has 0 bridgehead atoms. The van der Waals surface area contributed by atoms with Gasteiger partial charge in [0.1, 0.15) is 0 Å². The molecule has 0 aliphatic rings. The Morgan fingerprint density at radius 3 is 3.08 bits per heavy atom. The summed E-state index contributed by atoms with van der Waals surface area (Å²) in [5, 5.41) is 4.99. The predicted molar refractivity (Wildman–Crippen MR) is 55.7 cm³/mol. The number of hydrogen-bond acceptors (Lipinski definition) is 4. The van der Waals surface area contributed by atoms with E-state index in [4.69, 9.17) is 0 Å². The maximum Gasteiger partial charge on any atom is 0.319 e. The van der Waals surface area contributed by atoms with Gasteiger partial charge in [0.25, 0.3) is 0 Å². The number of methoxy groups -OCH3 is 1. The van der Waals surface area contributed by atoms with Gasteiger partial charge in [0.2, 0.25) is 0 Å². The molecule has 5 heteroatoms. The molecule has 0 atom stereocenters. The van der Waals surface area contributed by atoms with Crippen LogP contribution in [0.25, 0.3) is 0 Å². The van der Waals surface area contributed by atoms with E-state index in [9.17, 15) is 4.79 Å². The number of nitrogens with one attached hydrogen (secondary N) is 1. The van der Waals surface area contributed by atoms with E-state index in [1.807, 2.05) is 11.4 Å². The highest BCUT2D eigenvalue weighted by Gasteiger charge is 2.00. The summed E-state index contributed by atoms with van der Waals surface area (Å²) in [6.45, 7) is 0.956. The van der Waals surface area contributed by atoms with Crippen molar-refractivity contribution < 1.29 is 9.53 Å². The Labute approximate surface area is 89.2 Å². The molecule has 0 aromatic carbocycles. The topological polar surface area (TPSA) is 38.3 Å². The van der Waals surface area contributed by atoms with Gasteiger partial charge in [-0.05, 0) is 22.0 Å². The van der Waals surface area contributed by atoms with Crippen molar-refractivity contribution in [3.63, 3.8) is 0 Å². The monoisotopic (exact) mass is 263 g/mol. The fraction of sp³-hybridized carbons (Fsp3) is 0.375. The summed E-state index contributed by atoms with van der Waals surface area (Å²) in [5.41, 5.74) is 0. The first-order valence-electron chi connectivity index (χ1n) is 3.73. The average molecular weight is 264 g/mol. The number of carbonyl (C=O) groups is 1. The maximum absolute atomic E-state index is 10.7. The van der Waals surface area contributed by atoms with Crippen molar-refractivity contribution in [3.05, 3.63) is 20.8 Å². The lowest BCUT2D eigenvalue weighted by molar-refractivity contribution is -0.139. The van der Waals surface area contributed by atoms with Gasteiger partial charge in [-0.15, -0.1) is 11.3 Å². The standard InChI is InChI=1S/C8H10BrNO2S/c1-12-8(11)4-10-3-7-2-6(9)5-13-7/h2,5,10H,3-4H2,1H3. The van der Waals surface area contributed by atoms with Crippen LogP contribution >= 0.6 is 27.3 Å². The molecular formula is C8H10BrNO2S. The molecule has 0 aliphatic carbocycles. The van der Waals surface area contributed by atoms with Crippen LogP contribution in [-0.2, 0) is 16.1 Å². The van der Waals surface area contributed by atoms with Crippen LogP contribution in [0.3, 0.4) is 0 Å². The van der Waals surface area contributed by atoms with Crippen molar-refractivity contribution in [2.75, 3.05) is 13.7 Å². The Balaban J connectivity index is 2.24. The van der Waals surface area contributed by atoms with Crippen LogP contribution in [0.2, 0.25) is 0 Å². The number of halogens is 1. The van der Waals surface area contributed by atoms with Gasteiger partial charge in [0, 0.05) is 21.3 Å². The first-order valence-corrected chi connectivity index (χ1v) is 5.40. The zero-order valence-electron chi connectivity index (χ0n) is 7.17. The minimum atomic E-state index is -0.240. The molecule has 13 heavy (non-hydrogen) atoms. The average Bonchev–Trinajstić information content (AvgIpc) is 2.51. The summed E-state index contributed by atoms with van der Waals surface area (Å²) in [4.78, 5) is 11.9. The molecule has 1 rings (SSSR count). The number of hydrogen-bond donors (Lipinski definition) is 1. The zero-order valence-corrected chi connectivity index (χ0v) is 9.57. The molecule has 0 aliphatic heterocycles. The molecule has 1 aromatic rings. The third-order valence-corrected chi connectivity index (χ3v) is 3.12. The summed E-state index contributed by atoms with van der Waals surface area (Å²) < 4.78 is 5.56. The lowest BCUT2D eigenvalue weighted by Crippen LogP contribution is -2.22. The molecule has 72 valence electrons. The lowest BCUT2D eigenvalue weighted by atomic mass is 10.4. The minimum absolute atomic E-state index is 0.240. The van der Waals surface area contributed by atoms with Gasteiger partial charge >= 0.3 is 5.97 Å². The van der Waals surface area contributed by atoms with Crippen molar-refractivity contribution in [2.24, 2.45) is 0 Å². The second-order valence-electron chi connectivity index (χ2n) is 2.41. The Kier molecular flexibility index (Phi) is 4.41. The van der Waals surface area contributed by atoms with Gasteiger partial charge in [0.05, 0.1) is 13.7 Å². The van der Waals surface area contributed by atoms with Crippen LogP contribution in [0.15, 0.2) is 15.9 Å². The normalized spacial score (nSPS) is 10.0. The number of carbonyl (C=O) groups excluding carboxylic acids is 1. The summed E-state index contributed by atoms with van der Waals surface area (Å²) in [5.74, 6) is -0.240. The molecule has 0 saturated heterocycles. The highest BCUT2D eigenvalue weighted by Crippen LogP contribution is 2.19. The first kappa shape index (κ1) is 10.7. The van der Waals surface area contributed by atoms with Crippen molar-refractivity contribution >= 4 is 33.2 Å². The fourth-order valence-electron chi connectivity index (χ4n) is 0.806. The van der Waals surface area contributed by atoms with E-state index in [-0.39, 0.29) is 12.5 Å². The largest absolute Gasteiger partial charge is 0.468 e. The molecular weight excluding hydrogens is 254 g/mol. The zero-order chi connectivity index (χ0) is 9.68. The third-order valence-electron chi connectivity index (χ3n) is 1.42. The van der Waals surface area contributed by atoms with Gasteiger partial charge in [-0.3, -0.25) is 4.79 Å². The number of ether oxygens (including phenoxy) is 1. The smallest absolute Gasteiger partial charge is 0.319 e. The van der Waals surface area contributed by atoms with E-state index in [0.29, 0.717) is 6.54 Å². The van der Waals surface area contributed by atoms with E-state index >= 15 is 0 Å². The number of esters is 1. The summed E-state index contributed by atoms with van der Waals surface area (Å²) >= 11 is 5.00. The summed E-state index contributed by atoms with van der Waals surface area (Å²) in [6, 6.07) is 2.02. The summed E-state index contributed by atoms with van der Waals surface area (Å²) in [6.07, 6.45) is 0. The van der Waals surface area contributed by atoms with Crippen LogP contribution in [0, 0.1) is 0 Å². The van der Waals surface area contributed by atoms with E-state index in [1.54, 1.807) is 11.3 Å². The molecule has 0 unspecified atom stereocenters. The van der Waals surface area contributed by atoms with Crippen molar-refractivity contribution in [1.29, 1.82) is 0 Å². The molecule has 0 saturated carbocycles. The molecule has 0 spiro atoms. The van der Waals surface area contributed by atoms with Crippen LogP contribution < -0.4 is 5.32 Å². The molecule has 0 radical (unpaired) electrons. The summed E-state index contributed by atoms with van der Waals surface area (Å²) in [7, 11) is 1.38.